The minimum Gasteiger partial charge on any atom is -0.465 e. The van der Waals surface area contributed by atoms with Crippen LogP contribution in [0.2, 0.25) is 0 Å². The number of nitrogens with one attached hydrogen (secondary N) is 1. The monoisotopic (exact) mass is 703 g/mol. The van der Waals surface area contributed by atoms with Crippen LogP contribution in [0, 0.1) is 0 Å². The second kappa shape index (κ2) is 25.6. The maximum Gasteiger partial charge on any atom is 0.294 e. The van der Waals surface area contributed by atoms with Crippen molar-refractivity contribution in [2.45, 2.75) is 222 Å². The van der Waals surface area contributed by atoms with E-state index in [0.29, 0.717) is 36.3 Å². The highest BCUT2D eigenvalue weighted by Crippen LogP contribution is 2.39. The van der Waals surface area contributed by atoms with Crippen LogP contribution < -0.4 is 5.32 Å². The van der Waals surface area contributed by atoms with E-state index in [4.69, 9.17) is 9.73 Å². The van der Waals surface area contributed by atoms with Crippen molar-refractivity contribution in [3.05, 3.63) is 57.6 Å². The van der Waals surface area contributed by atoms with Crippen molar-refractivity contribution < 1.29 is 4.74 Å². The summed E-state index contributed by atoms with van der Waals surface area (Å²) in [6.07, 6.45) is 24.9. The number of anilines is 1. The van der Waals surface area contributed by atoms with Crippen LogP contribution in [0.5, 0.6) is 0 Å². The average Bonchev–Trinajstić information content (AvgIpc) is 3.09. The van der Waals surface area contributed by atoms with Crippen molar-refractivity contribution >= 4 is 17.4 Å². The Balaban J connectivity index is 2.41. The molecule has 1 N–H and O–H groups in total. The highest BCUT2D eigenvalue weighted by atomic mass is 16.5. The lowest BCUT2D eigenvalue weighted by molar-refractivity contribution is 0.303. The SMILES string of the molecule is CCCCCCCCCCc1cc(C(C)C)c(N=C(Nc2c(C(C)C)cc(CCCCCCCCCC)cc2C(C)C)OCCC)c(C(C)C)c1. The Morgan fingerprint density at radius 3 is 1.20 bits per heavy atom. The molecule has 0 atom stereocenters. The molecule has 0 aliphatic rings. The Kier molecular flexibility index (Phi) is 22.6. The predicted octanol–water partition coefficient (Wildman–Crippen LogP) is 16.1. The molecular formula is C48H82N2O. The molecule has 51 heavy (non-hydrogen) atoms. The number of rotatable bonds is 26. The van der Waals surface area contributed by atoms with E-state index in [9.17, 15) is 0 Å². The first-order valence-electron chi connectivity index (χ1n) is 21.9. The van der Waals surface area contributed by atoms with Crippen molar-refractivity contribution in [1.29, 1.82) is 0 Å². The number of hydrogen-bond donors (Lipinski definition) is 1. The standard InChI is InChI=1S/C48H82N2O/c1-12-15-17-19-21-23-25-27-29-40-32-42(36(4)5)46(43(33-40)37(6)7)49-48(51-31-14-3)50-47-44(38(8)9)34-41(35-45(47)39(10)11)30-28-26-24-22-20-18-16-13-2/h32-39H,12-31H2,1-11H3,(H,49,50). The van der Waals surface area contributed by atoms with Crippen molar-refractivity contribution in [3.8, 4) is 0 Å². The minimum absolute atomic E-state index is 0.375. The summed E-state index contributed by atoms with van der Waals surface area (Å²) < 4.78 is 6.49. The summed E-state index contributed by atoms with van der Waals surface area (Å²) in [5, 5.41) is 3.83. The maximum atomic E-state index is 6.49. The fraction of sp³-hybridized carbons (Fsp3) is 0.729. The van der Waals surface area contributed by atoms with Gasteiger partial charge in [-0.2, -0.15) is 4.99 Å². The lowest BCUT2D eigenvalue weighted by Crippen LogP contribution is -2.20. The number of nitrogens with zero attached hydrogens (tertiary/aromatic N) is 1. The van der Waals surface area contributed by atoms with E-state index in [1.54, 1.807) is 0 Å². The van der Waals surface area contributed by atoms with Crippen molar-refractivity contribution in [2.24, 2.45) is 4.99 Å². The lowest BCUT2D eigenvalue weighted by Gasteiger charge is -2.24. The Hall–Kier alpha value is -2.29. The third-order valence-corrected chi connectivity index (χ3v) is 10.5. The van der Waals surface area contributed by atoms with Crippen LogP contribution in [0.1, 0.15) is 242 Å². The van der Waals surface area contributed by atoms with Gasteiger partial charge in [0.05, 0.1) is 12.3 Å². The number of ether oxygens (including phenoxy) is 1. The van der Waals surface area contributed by atoms with E-state index < -0.39 is 0 Å². The molecule has 0 aliphatic heterocycles. The van der Waals surface area contributed by atoms with E-state index >= 15 is 0 Å². The molecule has 0 fully saturated rings. The Bertz CT molecular complexity index is 1200. The largest absolute Gasteiger partial charge is 0.465 e. The van der Waals surface area contributed by atoms with E-state index in [1.807, 2.05) is 0 Å². The van der Waals surface area contributed by atoms with E-state index in [0.717, 1.165) is 24.9 Å². The zero-order valence-electron chi connectivity index (χ0n) is 35.6. The molecular weight excluding hydrogens is 621 g/mol. The quantitative estimate of drug-likeness (QED) is 0.0601. The van der Waals surface area contributed by atoms with Gasteiger partial charge in [-0.25, -0.2) is 0 Å². The topological polar surface area (TPSA) is 33.6 Å². The molecule has 0 unspecified atom stereocenters. The number of benzene rings is 2. The van der Waals surface area contributed by atoms with Gasteiger partial charge in [-0.15, -0.1) is 0 Å². The Morgan fingerprint density at radius 1 is 0.490 bits per heavy atom. The normalized spacial score (nSPS) is 12.3. The molecule has 0 radical (unpaired) electrons. The van der Waals surface area contributed by atoms with Crippen molar-refractivity contribution in [3.63, 3.8) is 0 Å². The third-order valence-electron chi connectivity index (χ3n) is 10.5. The molecule has 3 nitrogen and oxygen atoms in total. The highest BCUT2D eigenvalue weighted by molar-refractivity contribution is 5.93. The first kappa shape index (κ1) is 44.9. The summed E-state index contributed by atoms with van der Waals surface area (Å²) in [5.41, 5.74) is 10.7. The van der Waals surface area contributed by atoms with Gasteiger partial charge < -0.3 is 10.1 Å². The van der Waals surface area contributed by atoms with E-state index in [-0.39, 0.29) is 0 Å². The van der Waals surface area contributed by atoms with Gasteiger partial charge in [0.2, 0.25) is 0 Å². The molecule has 0 heterocycles. The number of aliphatic imine (C=N–C) groups is 1. The summed E-state index contributed by atoms with van der Waals surface area (Å²) in [4.78, 5) is 5.42. The molecule has 2 aromatic rings. The molecule has 0 saturated heterocycles. The summed E-state index contributed by atoms with van der Waals surface area (Å²) in [5.74, 6) is 1.54. The van der Waals surface area contributed by atoms with Crippen LogP contribution in [0.3, 0.4) is 0 Å². The predicted molar refractivity (Wildman–Crippen MR) is 229 cm³/mol. The summed E-state index contributed by atoms with van der Waals surface area (Å²) in [7, 11) is 0. The molecule has 0 aromatic heterocycles. The fourth-order valence-corrected chi connectivity index (χ4v) is 7.28. The minimum atomic E-state index is 0.375. The maximum absolute atomic E-state index is 6.49. The molecule has 0 amide bonds. The molecule has 0 saturated carbocycles. The second-order valence-corrected chi connectivity index (χ2v) is 16.7. The van der Waals surface area contributed by atoms with Crippen LogP contribution in [0.25, 0.3) is 0 Å². The smallest absolute Gasteiger partial charge is 0.294 e. The van der Waals surface area contributed by atoms with Gasteiger partial charge >= 0.3 is 0 Å². The Morgan fingerprint density at radius 2 is 0.843 bits per heavy atom. The molecule has 0 spiro atoms. The van der Waals surface area contributed by atoms with Crippen molar-refractivity contribution in [2.75, 3.05) is 11.9 Å². The zero-order valence-corrected chi connectivity index (χ0v) is 35.6. The first-order chi connectivity index (χ1) is 24.5. The summed E-state index contributed by atoms with van der Waals surface area (Å²) in [6, 6.07) is 10.5. The van der Waals surface area contributed by atoms with Gasteiger partial charge in [0.15, 0.2) is 0 Å². The van der Waals surface area contributed by atoms with Crippen molar-refractivity contribution in [1.82, 2.24) is 0 Å². The summed E-state index contributed by atoms with van der Waals surface area (Å²) in [6.45, 7) is 26.0. The third kappa shape index (κ3) is 16.5. The highest BCUT2D eigenvalue weighted by Gasteiger charge is 2.21. The summed E-state index contributed by atoms with van der Waals surface area (Å²) >= 11 is 0. The fourth-order valence-electron chi connectivity index (χ4n) is 7.28. The first-order valence-corrected chi connectivity index (χ1v) is 21.9. The Labute approximate surface area is 317 Å². The average molecular weight is 703 g/mol. The molecule has 2 rings (SSSR count). The van der Waals surface area contributed by atoms with Gasteiger partial charge in [0, 0.05) is 5.69 Å². The van der Waals surface area contributed by atoms with Crippen LogP contribution in [-0.2, 0) is 17.6 Å². The number of aryl methyl sites for hydroxylation is 2. The van der Waals surface area contributed by atoms with E-state index in [2.05, 4.69) is 106 Å². The van der Waals surface area contributed by atoms with Gasteiger partial charge in [0.25, 0.3) is 6.02 Å². The van der Waals surface area contributed by atoms with Gasteiger partial charge in [-0.1, -0.05) is 190 Å². The van der Waals surface area contributed by atoms with Crippen LogP contribution in [-0.4, -0.2) is 12.6 Å². The lowest BCUT2D eigenvalue weighted by atomic mass is 9.88. The molecule has 0 aliphatic carbocycles. The molecule has 290 valence electrons. The number of amidine groups is 1. The van der Waals surface area contributed by atoms with E-state index in [1.165, 1.54) is 142 Å². The number of hydrogen-bond acceptors (Lipinski definition) is 2. The molecule has 0 bridgehead atoms. The molecule has 2 aromatic carbocycles. The van der Waals surface area contributed by atoms with Crippen LogP contribution in [0.15, 0.2) is 29.3 Å². The zero-order chi connectivity index (χ0) is 37.6. The second-order valence-electron chi connectivity index (χ2n) is 16.7. The number of unbranched alkanes of at least 4 members (excludes halogenated alkanes) is 14. The van der Waals surface area contributed by atoms with Crippen LogP contribution >= 0.6 is 0 Å². The van der Waals surface area contributed by atoms with Gasteiger partial charge in [-0.05, 0) is 89.2 Å². The molecule has 3 heteroatoms. The van der Waals surface area contributed by atoms with Gasteiger partial charge in [-0.3, -0.25) is 0 Å². The van der Waals surface area contributed by atoms with Crippen LogP contribution in [0.4, 0.5) is 11.4 Å². The van der Waals surface area contributed by atoms with Gasteiger partial charge in [0.1, 0.15) is 0 Å².